The minimum atomic E-state index is -4.79. The molecule has 0 radical (unpaired) electrons. The Morgan fingerprint density at radius 1 is 1.04 bits per heavy atom. The molecule has 2 aromatic rings. The molecular weight excluding hydrogens is 375 g/mol. The maximum Gasteiger partial charge on any atom is 0.573 e. The third kappa shape index (κ3) is 5.48. The lowest BCUT2D eigenvalue weighted by atomic mass is 9.83. The Bertz CT molecular complexity index is 818. The summed E-state index contributed by atoms with van der Waals surface area (Å²) in [5.41, 5.74) is -0.0656. The van der Waals surface area contributed by atoms with Crippen molar-refractivity contribution in [2.45, 2.75) is 31.5 Å². The fourth-order valence-electron chi connectivity index (χ4n) is 2.65. The second kappa shape index (κ2) is 8.33. The first-order chi connectivity index (χ1) is 13.0. The van der Waals surface area contributed by atoms with Crippen LogP contribution in [0.1, 0.15) is 30.9 Å². The summed E-state index contributed by atoms with van der Waals surface area (Å²) in [5.74, 6) is -2.82. The molecule has 2 rings (SSSR count). The zero-order valence-corrected chi connectivity index (χ0v) is 15.3. The molecule has 28 heavy (non-hydrogen) atoms. The topological polar surface area (TPSA) is 75.6 Å². The Hall–Kier alpha value is -3.03. The fraction of sp³-hybridized carbons (Fsp3) is 0.300. The van der Waals surface area contributed by atoms with Crippen molar-refractivity contribution in [3.05, 3.63) is 65.7 Å². The van der Waals surface area contributed by atoms with E-state index in [0.29, 0.717) is 11.1 Å². The highest BCUT2D eigenvalue weighted by molar-refractivity contribution is 5.88. The number of halogens is 3. The van der Waals surface area contributed by atoms with Gasteiger partial charge in [0.15, 0.2) is 0 Å². The normalized spacial score (nSPS) is 12.9. The molecule has 1 amide bonds. The highest BCUT2D eigenvalue weighted by atomic mass is 19.4. The summed E-state index contributed by atoms with van der Waals surface area (Å²) in [6.45, 7) is 3.08. The van der Waals surface area contributed by atoms with Gasteiger partial charge in [0, 0.05) is 6.54 Å². The number of nitrogens with one attached hydrogen (secondary N) is 1. The molecular formula is C20H20F3NO4. The molecule has 5 nitrogen and oxygen atoms in total. The predicted molar refractivity (Wildman–Crippen MR) is 96.0 cm³/mol. The van der Waals surface area contributed by atoms with Gasteiger partial charge in [0.1, 0.15) is 5.75 Å². The Morgan fingerprint density at radius 3 is 2.11 bits per heavy atom. The van der Waals surface area contributed by atoms with Crippen LogP contribution in [0.3, 0.4) is 0 Å². The van der Waals surface area contributed by atoms with Crippen LogP contribution in [0.2, 0.25) is 0 Å². The van der Waals surface area contributed by atoms with E-state index in [1.807, 2.05) is 0 Å². The van der Waals surface area contributed by atoms with Gasteiger partial charge in [0.25, 0.3) is 0 Å². The zero-order valence-electron chi connectivity index (χ0n) is 15.3. The first kappa shape index (κ1) is 21.3. The van der Waals surface area contributed by atoms with Crippen LogP contribution in [0.5, 0.6) is 5.75 Å². The SMILES string of the molecule is CC(C)(C(=O)NCC(C(=O)O)c1ccccc1)c1ccc(OC(F)(F)F)cc1. The maximum atomic E-state index is 12.6. The van der Waals surface area contributed by atoms with E-state index in [2.05, 4.69) is 10.1 Å². The van der Waals surface area contributed by atoms with Gasteiger partial charge in [0.2, 0.25) is 5.91 Å². The average Bonchev–Trinajstić information content (AvgIpc) is 2.61. The van der Waals surface area contributed by atoms with Crippen LogP contribution in [-0.4, -0.2) is 29.9 Å². The van der Waals surface area contributed by atoms with E-state index in [9.17, 15) is 27.9 Å². The molecule has 0 aliphatic carbocycles. The molecule has 2 N–H and O–H groups in total. The Balaban J connectivity index is 2.08. The number of amides is 1. The number of ether oxygens (including phenoxy) is 1. The number of carbonyl (C=O) groups is 2. The van der Waals surface area contributed by atoms with Crippen molar-refractivity contribution in [1.29, 1.82) is 0 Å². The van der Waals surface area contributed by atoms with E-state index in [-0.39, 0.29) is 12.3 Å². The molecule has 1 unspecified atom stereocenters. The van der Waals surface area contributed by atoms with E-state index < -0.39 is 29.6 Å². The van der Waals surface area contributed by atoms with Gasteiger partial charge in [-0.2, -0.15) is 0 Å². The molecule has 2 aromatic carbocycles. The van der Waals surface area contributed by atoms with Gasteiger partial charge in [-0.05, 0) is 37.1 Å². The van der Waals surface area contributed by atoms with Gasteiger partial charge < -0.3 is 15.2 Å². The van der Waals surface area contributed by atoms with Gasteiger partial charge in [-0.1, -0.05) is 42.5 Å². The third-order valence-corrected chi connectivity index (χ3v) is 4.34. The summed E-state index contributed by atoms with van der Waals surface area (Å²) >= 11 is 0. The van der Waals surface area contributed by atoms with E-state index in [1.165, 1.54) is 12.1 Å². The van der Waals surface area contributed by atoms with Crippen LogP contribution in [0.25, 0.3) is 0 Å². The molecule has 0 heterocycles. The van der Waals surface area contributed by atoms with Crippen molar-refractivity contribution in [1.82, 2.24) is 5.32 Å². The molecule has 0 aliphatic heterocycles. The van der Waals surface area contributed by atoms with Crippen LogP contribution < -0.4 is 10.1 Å². The molecule has 0 fully saturated rings. The van der Waals surface area contributed by atoms with E-state index in [4.69, 9.17) is 0 Å². The lowest BCUT2D eigenvalue weighted by Gasteiger charge is -2.25. The Kier molecular flexibility index (Phi) is 6.33. The van der Waals surface area contributed by atoms with Crippen molar-refractivity contribution in [3.63, 3.8) is 0 Å². The van der Waals surface area contributed by atoms with Crippen molar-refractivity contribution in [2.24, 2.45) is 0 Å². The first-order valence-corrected chi connectivity index (χ1v) is 8.43. The predicted octanol–water partition coefficient (Wildman–Crippen LogP) is 3.85. The molecule has 8 heteroatoms. The smallest absolute Gasteiger partial charge is 0.481 e. The summed E-state index contributed by atoms with van der Waals surface area (Å²) in [5, 5.41) is 12.0. The lowest BCUT2D eigenvalue weighted by Crippen LogP contribution is -2.42. The van der Waals surface area contributed by atoms with E-state index >= 15 is 0 Å². The molecule has 0 aromatic heterocycles. The third-order valence-electron chi connectivity index (χ3n) is 4.34. The zero-order chi connectivity index (χ0) is 20.9. The largest absolute Gasteiger partial charge is 0.573 e. The number of carboxylic acid groups (broad SMARTS) is 1. The Morgan fingerprint density at radius 2 is 1.61 bits per heavy atom. The number of hydrogen-bond donors (Lipinski definition) is 2. The summed E-state index contributed by atoms with van der Waals surface area (Å²) in [6, 6.07) is 13.5. The van der Waals surface area contributed by atoms with Gasteiger partial charge in [-0.15, -0.1) is 13.2 Å². The highest BCUT2D eigenvalue weighted by Crippen LogP contribution is 2.28. The number of benzene rings is 2. The van der Waals surface area contributed by atoms with Crippen molar-refractivity contribution >= 4 is 11.9 Å². The minimum Gasteiger partial charge on any atom is -0.481 e. The van der Waals surface area contributed by atoms with E-state index in [0.717, 1.165) is 12.1 Å². The average molecular weight is 395 g/mol. The van der Waals surface area contributed by atoms with Crippen molar-refractivity contribution < 1.29 is 32.6 Å². The molecule has 150 valence electrons. The maximum absolute atomic E-state index is 12.6. The van der Waals surface area contributed by atoms with Crippen LogP contribution in [0.4, 0.5) is 13.2 Å². The van der Waals surface area contributed by atoms with Gasteiger partial charge in [0.05, 0.1) is 11.3 Å². The van der Waals surface area contributed by atoms with Crippen molar-refractivity contribution in [3.8, 4) is 5.75 Å². The summed E-state index contributed by atoms with van der Waals surface area (Å²) in [7, 11) is 0. The number of rotatable bonds is 7. The van der Waals surface area contributed by atoms with Crippen LogP contribution in [0, 0.1) is 0 Å². The molecule has 0 saturated carbocycles. The summed E-state index contributed by atoms with van der Waals surface area (Å²) < 4.78 is 40.6. The second-order valence-corrected chi connectivity index (χ2v) is 6.71. The fourth-order valence-corrected chi connectivity index (χ4v) is 2.65. The standard InChI is InChI=1S/C20H20F3NO4/c1-19(2,14-8-10-15(11-9-14)28-20(21,22)23)18(27)24-12-16(17(25)26)13-6-4-3-5-7-13/h3-11,16H,12H2,1-2H3,(H,24,27)(H,25,26). The molecule has 1 atom stereocenters. The summed E-state index contributed by atoms with van der Waals surface area (Å²) in [6.07, 6.45) is -4.79. The van der Waals surface area contributed by atoms with Gasteiger partial charge >= 0.3 is 12.3 Å². The van der Waals surface area contributed by atoms with Gasteiger partial charge in [-0.25, -0.2) is 0 Å². The highest BCUT2D eigenvalue weighted by Gasteiger charge is 2.33. The number of carboxylic acids is 1. The van der Waals surface area contributed by atoms with Gasteiger partial charge in [-0.3, -0.25) is 9.59 Å². The Labute approximate surface area is 160 Å². The number of hydrogen-bond acceptors (Lipinski definition) is 3. The quantitative estimate of drug-likeness (QED) is 0.747. The molecule has 0 spiro atoms. The minimum absolute atomic E-state index is 0.114. The number of carbonyl (C=O) groups excluding carboxylic acids is 1. The van der Waals surface area contributed by atoms with E-state index in [1.54, 1.807) is 44.2 Å². The monoisotopic (exact) mass is 395 g/mol. The van der Waals surface area contributed by atoms with Crippen LogP contribution in [-0.2, 0) is 15.0 Å². The molecule has 0 bridgehead atoms. The number of aliphatic carboxylic acids is 1. The molecule has 0 saturated heterocycles. The second-order valence-electron chi connectivity index (χ2n) is 6.71. The van der Waals surface area contributed by atoms with Crippen molar-refractivity contribution in [2.75, 3.05) is 6.54 Å². The lowest BCUT2D eigenvalue weighted by molar-refractivity contribution is -0.274. The van der Waals surface area contributed by atoms with Crippen LogP contribution >= 0.6 is 0 Å². The number of alkyl halides is 3. The van der Waals surface area contributed by atoms with Crippen LogP contribution in [0.15, 0.2) is 54.6 Å². The molecule has 0 aliphatic rings. The first-order valence-electron chi connectivity index (χ1n) is 8.43. The summed E-state index contributed by atoms with van der Waals surface area (Å²) in [4.78, 5) is 24.1.